The van der Waals surface area contributed by atoms with Gasteiger partial charge in [0.25, 0.3) is 5.56 Å². The van der Waals surface area contributed by atoms with Crippen LogP contribution in [0.4, 0.5) is 5.69 Å². The summed E-state index contributed by atoms with van der Waals surface area (Å²) in [4.78, 5) is 24.1. The Morgan fingerprint density at radius 2 is 1.93 bits per heavy atom. The molecular formula is C22H28N2O4. The number of pyridine rings is 1. The molecular weight excluding hydrogens is 356 g/mol. The first kappa shape index (κ1) is 21.3. The van der Waals surface area contributed by atoms with E-state index in [1.807, 2.05) is 13.0 Å². The Labute approximate surface area is 165 Å². The first-order chi connectivity index (χ1) is 13.2. The Morgan fingerprint density at radius 3 is 2.57 bits per heavy atom. The Morgan fingerprint density at radius 1 is 1.21 bits per heavy atom. The number of nitrogens with zero attached hydrogens (tertiary/aromatic N) is 1. The number of aromatic hydroxyl groups is 1. The zero-order chi connectivity index (χ0) is 20.8. The van der Waals surface area contributed by atoms with E-state index in [4.69, 9.17) is 4.74 Å². The topological polar surface area (TPSA) is 80.6 Å². The second-order valence-electron chi connectivity index (χ2n) is 7.11. The molecule has 6 nitrogen and oxygen atoms in total. The van der Waals surface area contributed by atoms with Gasteiger partial charge in [0.1, 0.15) is 6.61 Å². The molecule has 0 unspecified atom stereocenters. The summed E-state index contributed by atoms with van der Waals surface area (Å²) in [7, 11) is 1.59. The first-order valence-corrected chi connectivity index (χ1v) is 9.26. The van der Waals surface area contributed by atoms with Crippen molar-refractivity contribution in [3.05, 3.63) is 51.9 Å². The van der Waals surface area contributed by atoms with Crippen molar-refractivity contribution in [1.82, 2.24) is 4.57 Å². The number of rotatable bonds is 7. The zero-order valence-corrected chi connectivity index (χ0v) is 17.1. The number of amides is 1. The number of para-hydroxylation sites is 1. The van der Waals surface area contributed by atoms with Crippen LogP contribution >= 0.6 is 0 Å². The van der Waals surface area contributed by atoms with E-state index in [9.17, 15) is 14.7 Å². The van der Waals surface area contributed by atoms with Crippen LogP contribution in [0.25, 0.3) is 10.9 Å². The number of carbonyl (C=O) groups is 1. The predicted octanol–water partition coefficient (Wildman–Crippen LogP) is 4.27. The van der Waals surface area contributed by atoms with E-state index in [1.165, 1.54) is 17.1 Å². The third-order valence-electron chi connectivity index (χ3n) is 4.40. The molecule has 28 heavy (non-hydrogen) atoms. The van der Waals surface area contributed by atoms with Crippen LogP contribution in [0, 0.1) is 0 Å². The molecule has 2 N–H and O–H groups in total. The lowest BCUT2D eigenvalue weighted by molar-refractivity contribution is -0.114. The van der Waals surface area contributed by atoms with Gasteiger partial charge in [0.15, 0.2) is 5.75 Å². The SMILES string of the molecule is CC(=O)Nc1cccc2c(O)c(OCC=C(C)CCC=C(C)C)c(=O)n(C)c12. The van der Waals surface area contributed by atoms with Crippen LogP contribution in [0.2, 0.25) is 0 Å². The number of anilines is 1. The van der Waals surface area contributed by atoms with Crippen LogP contribution in [-0.4, -0.2) is 22.2 Å². The van der Waals surface area contributed by atoms with Crippen LogP contribution in [-0.2, 0) is 11.8 Å². The molecule has 2 rings (SSSR count). The number of carbonyl (C=O) groups excluding carboxylic acids is 1. The van der Waals surface area contributed by atoms with Gasteiger partial charge < -0.3 is 19.7 Å². The number of hydrogen-bond donors (Lipinski definition) is 2. The second kappa shape index (κ2) is 9.26. The minimum Gasteiger partial charge on any atom is -0.504 e. The second-order valence-corrected chi connectivity index (χ2v) is 7.11. The van der Waals surface area contributed by atoms with E-state index >= 15 is 0 Å². The molecule has 0 aliphatic rings. The van der Waals surface area contributed by atoms with E-state index in [1.54, 1.807) is 25.2 Å². The lowest BCUT2D eigenvalue weighted by Gasteiger charge is -2.15. The van der Waals surface area contributed by atoms with Gasteiger partial charge >= 0.3 is 0 Å². The third kappa shape index (κ3) is 5.03. The van der Waals surface area contributed by atoms with Gasteiger partial charge in [-0.3, -0.25) is 9.59 Å². The molecule has 150 valence electrons. The monoisotopic (exact) mass is 384 g/mol. The molecule has 0 atom stereocenters. The Bertz CT molecular complexity index is 996. The molecule has 0 aliphatic heterocycles. The van der Waals surface area contributed by atoms with Crippen molar-refractivity contribution in [2.45, 2.75) is 40.5 Å². The van der Waals surface area contributed by atoms with Gasteiger partial charge in [0, 0.05) is 19.4 Å². The number of nitrogens with one attached hydrogen (secondary N) is 1. The number of fused-ring (bicyclic) bond motifs is 1. The highest BCUT2D eigenvalue weighted by atomic mass is 16.5. The number of ether oxygens (including phenoxy) is 1. The fourth-order valence-corrected chi connectivity index (χ4v) is 2.95. The van der Waals surface area contributed by atoms with Gasteiger partial charge in [-0.25, -0.2) is 0 Å². The molecule has 1 aromatic carbocycles. The number of benzene rings is 1. The molecule has 1 amide bonds. The van der Waals surface area contributed by atoms with Crippen LogP contribution < -0.4 is 15.6 Å². The maximum Gasteiger partial charge on any atom is 0.297 e. The van der Waals surface area contributed by atoms with E-state index < -0.39 is 5.56 Å². The van der Waals surface area contributed by atoms with E-state index in [2.05, 4.69) is 25.2 Å². The molecule has 0 bridgehead atoms. The fourth-order valence-electron chi connectivity index (χ4n) is 2.95. The lowest BCUT2D eigenvalue weighted by Crippen LogP contribution is -2.21. The van der Waals surface area contributed by atoms with Crippen LogP contribution in [0.3, 0.4) is 0 Å². The summed E-state index contributed by atoms with van der Waals surface area (Å²) >= 11 is 0. The van der Waals surface area contributed by atoms with Gasteiger partial charge in [-0.15, -0.1) is 0 Å². The summed E-state index contributed by atoms with van der Waals surface area (Å²) in [6.07, 6.45) is 5.96. The summed E-state index contributed by atoms with van der Waals surface area (Å²) in [5.74, 6) is -0.572. The molecule has 1 aromatic heterocycles. The molecule has 2 aromatic rings. The number of hydrogen-bond acceptors (Lipinski definition) is 4. The summed E-state index contributed by atoms with van der Waals surface area (Å²) in [6, 6.07) is 5.07. The molecule has 0 radical (unpaired) electrons. The van der Waals surface area contributed by atoms with Gasteiger partial charge in [-0.2, -0.15) is 0 Å². The van der Waals surface area contributed by atoms with Gasteiger partial charge in [-0.1, -0.05) is 23.3 Å². The van der Waals surface area contributed by atoms with Crippen LogP contribution in [0.15, 0.2) is 46.3 Å². The quantitative estimate of drug-likeness (QED) is 0.699. The summed E-state index contributed by atoms with van der Waals surface area (Å²) in [5.41, 5.74) is 2.88. The number of allylic oxidation sites excluding steroid dienone is 3. The van der Waals surface area contributed by atoms with Crippen molar-refractivity contribution in [3.63, 3.8) is 0 Å². The average Bonchev–Trinajstić information content (AvgIpc) is 2.61. The normalized spacial score (nSPS) is 11.4. The Kier molecular flexibility index (Phi) is 7.04. The summed E-state index contributed by atoms with van der Waals surface area (Å²) < 4.78 is 6.99. The van der Waals surface area contributed by atoms with E-state index in [-0.39, 0.29) is 24.0 Å². The smallest absolute Gasteiger partial charge is 0.297 e. The maximum absolute atomic E-state index is 12.7. The molecule has 0 saturated carbocycles. The van der Waals surface area contributed by atoms with Gasteiger partial charge in [0.2, 0.25) is 11.7 Å². The van der Waals surface area contributed by atoms with Gasteiger partial charge in [-0.05, 0) is 51.8 Å². The standard InChI is InChI=1S/C22H28N2O4/c1-14(2)8-6-9-15(3)12-13-28-21-20(26)17-10-7-11-18(23-16(4)25)19(17)24(5)22(21)27/h7-8,10-12,26H,6,9,13H2,1-5H3,(H,23,25). The highest BCUT2D eigenvalue weighted by molar-refractivity contribution is 6.02. The summed E-state index contributed by atoms with van der Waals surface area (Å²) in [6.45, 7) is 7.73. The summed E-state index contributed by atoms with van der Waals surface area (Å²) in [5, 5.41) is 13.7. The zero-order valence-electron chi connectivity index (χ0n) is 17.1. The van der Waals surface area contributed by atoms with Crippen molar-refractivity contribution in [2.24, 2.45) is 7.05 Å². The molecule has 0 fully saturated rings. The Hall–Kier alpha value is -3.02. The van der Waals surface area contributed by atoms with Crippen molar-refractivity contribution in [3.8, 4) is 11.5 Å². The van der Waals surface area contributed by atoms with Crippen LogP contribution in [0.5, 0.6) is 11.5 Å². The first-order valence-electron chi connectivity index (χ1n) is 9.26. The largest absolute Gasteiger partial charge is 0.504 e. The highest BCUT2D eigenvalue weighted by Gasteiger charge is 2.18. The van der Waals surface area contributed by atoms with Crippen molar-refractivity contribution in [2.75, 3.05) is 11.9 Å². The Balaban J connectivity index is 2.30. The molecule has 1 heterocycles. The minimum absolute atomic E-state index is 0.0941. The highest BCUT2D eigenvalue weighted by Crippen LogP contribution is 2.34. The van der Waals surface area contributed by atoms with E-state index in [0.29, 0.717) is 16.6 Å². The van der Waals surface area contributed by atoms with E-state index in [0.717, 1.165) is 18.4 Å². The molecule has 0 saturated heterocycles. The average molecular weight is 384 g/mol. The lowest BCUT2D eigenvalue weighted by atomic mass is 10.1. The maximum atomic E-state index is 12.7. The molecule has 0 aliphatic carbocycles. The van der Waals surface area contributed by atoms with Crippen molar-refractivity contribution in [1.29, 1.82) is 0 Å². The predicted molar refractivity (Wildman–Crippen MR) is 113 cm³/mol. The number of aromatic nitrogens is 1. The van der Waals surface area contributed by atoms with Gasteiger partial charge in [0.05, 0.1) is 11.2 Å². The van der Waals surface area contributed by atoms with Crippen molar-refractivity contribution < 1.29 is 14.6 Å². The van der Waals surface area contributed by atoms with Crippen molar-refractivity contribution >= 4 is 22.5 Å². The number of aryl methyl sites for hydroxylation is 1. The molecule has 0 spiro atoms. The molecule has 6 heteroatoms. The fraction of sp³-hybridized carbons (Fsp3) is 0.364. The minimum atomic E-state index is -0.460. The third-order valence-corrected chi connectivity index (χ3v) is 4.40. The van der Waals surface area contributed by atoms with Crippen LogP contribution in [0.1, 0.15) is 40.5 Å².